The molecule has 1 amide bonds. The van der Waals surface area contributed by atoms with Gasteiger partial charge in [0.25, 0.3) is 0 Å². The molecule has 0 aliphatic carbocycles. The number of carbonyl (C=O) groups is 1. The van der Waals surface area contributed by atoms with Crippen molar-refractivity contribution in [2.45, 2.75) is 285 Å². The predicted molar refractivity (Wildman–Crippen MR) is 337 cm³/mol. The molecule has 17 unspecified atom stereocenters. The zero-order chi connectivity index (χ0) is 63.3. The smallest absolute Gasteiger partial charge is 0.220 e. The first kappa shape index (κ1) is 77.7. The van der Waals surface area contributed by atoms with Crippen molar-refractivity contribution in [1.29, 1.82) is 0 Å². The van der Waals surface area contributed by atoms with Crippen LogP contribution in [0.5, 0.6) is 0 Å². The van der Waals surface area contributed by atoms with Crippen molar-refractivity contribution in [3.05, 3.63) is 109 Å². The van der Waals surface area contributed by atoms with Gasteiger partial charge in [0.2, 0.25) is 5.91 Å². The number of rotatable bonds is 47. The maximum atomic E-state index is 13.2. The van der Waals surface area contributed by atoms with Crippen LogP contribution in [0, 0.1) is 0 Å². The zero-order valence-corrected chi connectivity index (χ0v) is 52.2. The van der Waals surface area contributed by atoms with Crippen molar-refractivity contribution in [2.24, 2.45) is 0 Å². The third-order valence-corrected chi connectivity index (χ3v) is 15.6. The second-order valence-corrected chi connectivity index (χ2v) is 22.8. The molecule has 3 heterocycles. The molecule has 19 nitrogen and oxygen atoms in total. The molecule has 3 saturated heterocycles. The largest absolute Gasteiger partial charge is 0.394 e. The summed E-state index contributed by atoms with van der Waals surface area (Å²) < 4.78 is 34.0. The quantitative estimate of drug-likeness (QED) is 0.0207. The van der Waals surface area contributed by atoms with Crippen LogP contribution < -0.4 is 5.32 Å². The summed E-state index contributed by atoms with van der Waals surface area (Å²) in [6, 6.07) is -0.974. The Labute approximate surface area is 519 Å². The van der Waals surface area contributed by atoms with Gasteiger partial charge in [-0.3, -0.25) is 4.79 Å². The Balaban J connectivity index is 1.23. The van der Waals surface area contributed by atoms with E-state index in [-0.39, 0.29) is 18.9 Å². The summed E-state index contributed by atoms with van der Waals surface area (Å²) in [7, 11) is 0. The number of aliphatic hydroxyl groups excluding tert-OH is 11. The molecule has 3 fully saturated rings. The van der Waals surface area contributed by atoms with Crippen molar-refractivity contribution in [2.75, 3.05) is 26.4 Å². The highest BCUT2D eigenvalue weighted by Gasteiger charge is 2.53. The van der Waals surface area contributed by atoms with Gasteiger partial charge in [-0.2, -0.15) is 0 Å². The molecule has 0 radical (unpaired) electrons. The Kier molecular flexibility index (Phi) is 43.9. The van der Waals surface area contributed by atoms with Crippen LogP contribution >= 0.6 is 0 Å². The second-order valence-electron chi connectivity index (χ2n) is 22.8. The fraction of sp³-hybridized carbons (Fsp3) is 0.721. The van der Waals surface area contributed by atoms with Gasteiger partial charge in [-0.05, 0) is 77.0 Å². The summed E-state index contributed by atoms with van der Waals surface area (Å²) in [5.74, 6) is -0.294. The minimum absolute atomic E-state index is 0.234. The highest BCUT2D eigenvalue weighted by Crippen LogP contribution is 2.33. The Bertz CT molecular complexity index is 2000. The van der Waals surface area contributed by atoms with Gasteiger partial charge in [0, 0.05) is 6.42 Å². The van der Waals surface area contributed by atoms with Crippen molar-refractivity contribution in [3.63, 3.8) is 0 Å². The van der Waals surface area contributed by atoms with Crippen molar-refractivity contribution in [3.8, 4) is 0 Å². The number of hydrogen-bond donors (Lipinski definition) is 12. The molecule has 17 atom stereocenters. The van der Waals surface area contributed by atoms with E-state index < -0.39 is 124 Å². The fourth-order valence-corrected chi connectivity index (χ4v) is 10.3. The first-order chi connectivity index (χ1) is 42.3. The number of allylic oxidation sites excluding steroid dienone is 17. The number of unbranched alkanes of at least 4 members (excludes halogenated alkanes) is 15. The van der Waals surface area contributed by atoms with Crippen molar-refractivity contribution in [1.82, 2.24) is 5.32 Å². The Hall–Kier alpha value is -3.55. The lowest BCUT2D eigenvalue weighted by Crippen LogP contribution is -2.66. The summed E-state index contributed by atoms with van der Waals surface area (Å²) in [5.41, 5.74) is 0. The third kappa shape index (κ3) is 31.8. The highest BCUT2D eigenvalue weighted by molar-refractivity contribution is 5.76. The average molecular weight is 1230 g/mol. The second kappa shape index (κ2) is 49.2. The van der Waals surface area contributed by atoms with E-state index >= 15 is 0 Å². The van der Waals surface area contributed by atoms with Gasteiger partial charge in [-0.15, -0.1) is 0 Å². The third-order valence-electron chi connectivity index (χ3n) is 15.6. The SMILES string of the molecule is CC/C=C\C/C=C\C/C=C\C/C=C\C/C=C\C/C=C\C/C=C\C/C=C\CCCCCCCCCCCCCCCCC(=O)NC(COC1OC(CO)C(OC2OC(CO)C(OC3OC(CO)C(O)C(O)C3O)C(O)C2O)C(O)C1O)C(O)/C=C/CCC. The minimum Gasteiger partial charge on any atom is -0.394 e. The van der Waals surface area contributed by atoms with E-state index in [0.29, 0.717) is 12.8 Å². The molecule has 12 N–H and O–H groups in total. The molecule has 498 valence electrons. The van der Waals surface area contributed by atoms with E-state index in [1.165, 1.54) is 64.2 Å². The number of hydrogen-bond acceptors (Lipinski definition) is 18. The maximum absolute atomic E-state index is 13.2. The van der Waals surface area contributed by atoms with Gasteiger partial charge in [-0.25, -0.2) is 0 Å². The molecule has 87 heavy (non-hydrogen) atoms. The lowest BCUT2D eigenvalue weighted by atomic mass is 9.96. The monoisotopic (exact) mass is 1230 g/mol. The Morgan fingerprint density at radius 1 is 0.425 bits per heavy atom. The van der Waals surface area contributed by atoms with Crippen LogP contribution in [0.25, 0.3) is 0 Å². The van der Waals surface area contributed by atoms with Crippen LogP contribution in [0.15, 0.2) is 109 Å². The molecule has 3 aliphatic heterocycles. The van der Waals surface area contributed by atoms with E-state index in [1.54, 1.807) is 12.2 Å². The van der Waals surface area contributed by atoms with E-state index in [1.807, 2.05) is 6.92 Å². The first-order valence-corrected chi connectivity index (χ1v) is 32.6. The lowest BCUT2D eigenvalue weighted by Gasteiger charge is -2.48. The van der Waals surface area contributed by atoms with E-state index in [2.05, 4.69) is 109 Å². The number of carbonyl (C=O) groups excluding carboxylic acids is 1. The molecule has 0 aromatic rings. The first-order valence-electron chi connectivity index (χ1n) is 32.6. The minimum atomic E-state index is -1.98. The molecule has 0 saturated carbocycles. The molecule has 0 spiro atoms. The molecule has 0 aromatic heterocycles. The molecular weight excluding hydrogens is 1120 g/mol. The summed E-state index contributed by atoms with van der Waals surface area (Å²) >= 11 is 0. The van der Waals surface area contributed by atoms with Crippen molar-refractivity contribution >= 4 is 5.91 Å². The van der Waals surface area contributed by atoms with Crippen LogP contribution in [0.1, 0.15) is 181 Å². The predicted octanol–water partition coefficient (Wildman–Crippen LogP) is 7.49. The van der Waals surface area contributed by atoms with Gasteiger partial charge in [0.1, 0.15) is 73.2 Å². The van der Waals surface area contributed by atoms with Crippen LogP contribution in [-0.2, 0) is 33.2 Å². The Morgan fingerprint density at radius 3 is 1.22 bits per heavy atom. The highest BCUT2D eigenvalue weighted by atomic mass is 16.8. The maximum Gasteiger partial charge on any atom is 0.220 e. The van der Waals surface area contributed by atoms with E-state index in [0.717, 1.165) is 83.5 Å². The van der Waals surface area contributed by atoms with E-state index in [4.69, 9.17) is 28.4 Å². The van der Waals surface area contributed by atoms with Crippen LogP contribution in [0.4, 0.5) is 0 Å². The zero-order valence-electron chi connectivity index (χ0n) is 52.2. The van der Waals surface area contributed by atoms with Crippen molar-refractivity contribution < 1.29 is 89.4 Å². The normalized spacial score (nSPS) is 29.3. The molecule has 19 heteroatoms. The van der Waals surface area contributed by atoms with Gasteiger partial charge in [0.05, 0.1) is 38.6 Å². The molecule has 3 rings (SSSR count). The summed E-state index contributed by atoms with van der Waals surface area (Å²) in [6.45, 7) is 1.34. The number of nitrogens with one attached hydrogen (secondary N) is 1. The topological polar surface area (TPSA) is 307 Å². The van der Waals surface area contributed by atoms with Gasteiger partial charge in [0.15, 0.2) is 18.9 Å². The fourth-order valence-electron chi connectivity index (χ4n) is 10.3. The van der Waals surface area contributed by atoms with Gasteiger partial charge < -0.3 is 89.9 Å². The average Bonchev–Trinajstić information content (AvgIpc) is 1.25. The van der Waals surface area contributed by atoms with Crippen LogP contribution in [-0.4, -0.2) is 193 Å². The standard InChI is InChI=1S/C68H113NO18/c1-3-5-7-8-9-10-11-12-13-14-15-16-17-18-19-20-21-22-23-24-25-26-27-28-29-30-31-32-33-34-35-36-37-38-39-40-41-42-44-46-56(74)69-51(52(73)45-43-6-4-2)50-82-66-62(80)59(77)64(54(48-71)84-66)87-68-63(81)60(78)65(55(49-72)85-68)86-67-61(79)58(76)57(75)53(47-70)83-67/h5,7,9-10,12-13,15-16,18-19,21-22,24-25,27-28,43,45,51-55,57-68,70-73,75-81H,3-4,6,8,11,14,17,20,23,26,29-42,44,46-50H2,1-2H3,(H,69,74)/b7-5-,10-9-,13-12-,16-15-,19-18-,22-21-,25-24-,28-27-,45-43+. The van der Waals surface area contributed by atoms with Crippen LogP contribution in [0.3, 0.4) is 0 Å². The summed E-state index contributed by atoms with van der Waals surface area (Å²) in [6.07, 6.45) is 39.5. The summed E-state index contributed by atoms with van der Waals surface area (Å²) in [5, 5.41) is 119. The lowest BCUT2D eigenvalue weighted by molar-refractivity contribution is -0.379. The molecule has 0 aromatic carbocycles. The van der Waals surface area contributed by atoms with Gasteiger partial charge in [-0.1, -0.05) is 207 Å². The molecular formula is C68H113NO18. The molecule has 3 aliphatic rings. The Morgan fingerprint density at radius 2 is 0.793 bits per heavy atom. The molecule has 0 bridgehead atoms. The van der Waals surface area contributed by atoms with Gasteiger partial charge >= 0.3 is 0 Å². The number of amides is 1. The summed E-state index contributed by atoms with van der Waals surface area (Å²) in [4.78, 5) is 13.2. The number of aliphatic hydroxyl groups is 11. The van der Waals surface area contributed by atoms with Crippen LogP contribution in [0.2, 0.25) is 0 Å². The van der Waals surface area contributed by atoms with E-state index in [9.17, 15) is 61.0 Å². The number of ether oxygens (including phenoxy) is 6.